The number of para-hydroxylation sites is 1. The van der Waals surface area contributed by atoms with Crippen LogP contribution in [0.4, 0.5) is 5.69 Å². The molecule has 19 heavy (non-hydrogen) atoms. The number of anilines is 1. The van der Waals surface area contributed by atoms with Gasteiger partial charge in [-0.15, -0.1) is 0 Å². The number of piperidine rings is 1. The smallest absolute Gasteiger partial charge is 0.241 e. The molecule has 0 radical (unpaired) electrons. The minimum atomic E-state index is -0.0524. The van der Waals surface area contributed by atoms with Crippen LogP contribution in [0.3, 0.4) is 0 Å². The van der Waals surface area contributed by atoms with Gasteiger partial charge >= 0.3 is 0 Å². The summed E-state index contributed by atoms with van der Waals surface area (Å²) in [5.74, 6) is 0.517. The Morgan fingerprint density at radius 3 is 2.95 bits per heavy atom. The van der Waals surface area contributed by atoms with Gasteiger partial charge in [-0.25, -0.2) is 0 Å². The van der Waals surface area contributed by atoms with Crippen LogP contribution in [0.25, 0.3) is 0 Å². The first-order valence-electron chi connectivity index (χ1n) is 7.34. The summed E-state index contributed by atoms with van der Waals surface area (Å²) < 4.78 is 0. The molecule has 0 bridgehead atoms. The molecule has 0 spiro atoms. The highest BCUT2D eigenvalue weighted by Gasteiger charge is 2.27. The second kappa shape index (κ2) is 6.71. The maximum absolute atomic E-state index is 12.4. The van der Waals surface area contributed by atoms with Crippen LogP contribution in [0.2, 0.25) is 0 Å². The first kappa shape index (κ1) is 14.1. The molecule has 2 unspecified atom stereocenters. The second-order valence-electron chi connectivity index (χ2n) is 5.45. The molecular formula is C16H24N2O. The summed E-state index contributed by atoms with van der Waals surface area (Å²) in [6, 6.07) is 8.05. The molecule has 2 atom stereocenters. The monoisotopic (exact) mass is 260 g/mol. The van der Waals surface area contributed by atoms with E-state index in [1.807, 2.05) is 18.2 Å². The Balaban J connectivity index is 2.05. The Morgan fingerprint density at radius 2 is 2.21 bits per heavy atom. The molecule has 2 rings (SSSR count). The number of nitrogens with one attached hydrogen (secondary N) is 2. The van der Waals surface area contributed by atoms with Crippen LogP contribution in [-0.2, 0) is 11.2 Å². The van der Waals surface area contributed by atoms with Crippen LogP contribution in [0, 0.1) is 5.92 Å². The van der Waals surface area contributed by atoms with Crippen molar-refractivity contribution in [2.24, 2.45) is 5.92 Å². The lowest BCUT2D eigenvalue weighted by molar-refractivity contribution is -0.119. The van der Waals surface area contributed by atoms with Crippen molar-refractivity contribution in [1.29, 1.82) is 0 Å². The minimum Gasteiger partial charge on any atom is -0.324 e. The number of carbonyl (C=O) groups excluding carboxylic acids is 1. The van der Waals surface area contributed by atoms with Gasteiger partial charge in [0.1, 0.15) is 0 Å². The zero-order chi connectivity index (χ0) is 13.7. The van der Waals surface area contributed by atoms with Gasteiger partial charge in [-0.1, -0.05) is 38.5 Å². The van der Waals surface area contributed by atoms with Crippen molar-refractivity contribution in [1.82, 2.24) is 5.32 Å². The Bertz CT molecular complexity index is 431. The van der Waals surface area contributed by atoms with E-state index < -0.39 is 0 Å². The predicted octanol–water partition coefficient (Wildman–Crippen LogP) is 2.97. The van der Waals surface area contributed by atoms with Gasteiger partial charge in [-0.3, -0.25) is 4.79 Å². The van der Waals surface area contributed by atoms with Crippen LogP contribution >= 0.6 is 0 Å². The van der Waals surface area contributed by atoms with Crippen molar-refractivity contribution in [3.8, 4) is 0 Å². The van der Waals surface area contributed by atoms with Gasteiger partial charge in [0.15, 0.2) is 0 Å². The lowest BCUT2D eigenvalue weighted by Crippen LogP contribution is -2.48. The third-order valence-electron chi connectivity index (χ3n) is 3.85. The van der Waals surface area contributed by atoms with Crippen LogP contribution in [-0.4, -0.2) is 18.5 Å². The maximum Gasteiger partial charge on any atom is 0.241 e. The Kier molecular flexibility index (Phi) is 4.97. The van der Waals surface area contributed by atoms with Gasteiger partial charge < -0.3 is 10.6 Å². The topological polar surface area (TPSA) is 41.1 Å². The van der Waals surface area contributed by atoms with E-state index in [9.17, 15) is 4.79 Å². The molecule has 0 aromatic heterocycles. The first-order valence-corrected chi connectivity index (χ1v) is 7.34. The molecule has 2 N–H and O–H groups in total. The molecule has 1 saturated heterocycles. The van der Waals surface area contributed by atoms with E-state index in [2.05, 4.69) is 30.5 Å². The quantitative estimate of drug-likeness (QED) is 0.874. The van der Waals surface area contributed by atoms with Gasteiger partial charge in [-0.2, -0.15) is 0 Å². The Hall–Kier alpha value is -1.35. The summed E-state index contributed by atoms with van der Waals surface area (Å²) in [5, 5.41) is 6.42. The number of hydrogen-bond acceptors (Lipinski definition) is 2. The molecule has 1 amide bonds. The van der Waals surface area contributed by atoms with Crippen LogP contribution in [0.15, 0.2) is 24.3 Å². The molecule has 1 aliphatic heterocycles. The fourth-order valence-electron chi connectivity index (χ4n) is 2.74. The Morgan fingerprint density at radius 1 is 1.42 bits per heavy atom. The van der Waals surface area contributed by atoms with Gasteiger partial charge in [0, 0.05) is 5.69 Å². The molecule has 1 heterocycles. The van der Waals surface area contributed by atoms with Gasteiger partial charge in [0.2, 0.25) is 5.91 Å². The van der Waals surface area contributed by atoms with Crippen LogP contribution in [0.1, 0.15) is 38.7 Å². The molecule has 104 valence electrons. The third-order valence-corrected chi connectivity index (χ3v) is 3.85. The van der Waals surface area contributed by atoms with E-state index in [1.54, 1.807) is 0 Å². The van der Waals surface area contributed by atoms with Gasteiger partial charge in [0.05, 0.1) is 6.04 Å². The number of carbonyl (C=O) groups is 1. The number of aryl methyl sites for hydroxylation is 1. The molecule has 1 aromatic carbocycles. The van der Waals surface area contributed by atoms with E-state index in [4.69, 9.17) is 0 Å². The minimum absolute atomic E-state index is 0.0524. The zero-order valence-electron chi connectivity index (χ0n) is 11.9. The van der Waals surface area contributed by atoms with Gasteiger partial charge in [-0.05, 0) is 43.4 Å². The largest absolute Gasteiger partial charge is 0.324 e. The molecule has 1 aliphatic rings. The second-order valence-corrected chi connectivity index (χ2v) is 5.45. The highest BCUT2D eigenvalue weighted by molar-refractivity contribution is 5.95. The fourth-order valence-corrected chi connectivity index (χ4v) is 2.74. The molecule has 1 aromatic rings. The molecule has 1 fully saturated rings. The van der Waals surface area contributed by atoms with E-state index in [0.717, 1.165) is 37.9 Å². The van der Waals surface area contributed by atoms with E-state index in [0.29, 0.717) is 5.92 Å². The summed E-state index contributed by atoms with van der Waals surface area (Å²) in [4.78, 5) is 12.4. The summed E-state index contributed by atoms with van der Waals surface area (Å²) in [7, 11) is 0. The lowest BCUT2D eigenvalue weighted by Gasteiger charge is -2.29. The summed E-state index contributed by atoms with van der Waals surface area (Å²) in [6.45, 7) is 5.25. The molecule has 0 aliphatic carbocycles. The zero-order valence-corrected chi connectivity index (χ0v) is 11.9. The average Bonchev–Trinajstić information content (AvgIpc) is 2.41. The van der Waals surface area contributed by atoms with Crippen molar-refractivity contribution in [2.75, 3.05) is 11.9 Å². The van der Waals surface area contributed by atoms with Crippen molar-refractivity contribution in [3.05, 3.63) is 29.8 Å². The SMILES string of the molecule is CCCc1ccccc1NC(=O)C1NCCCC1C. The summed E-state index contributed by atoms with van der Waals surface area (Å²) in [5.41, 5.74) is 2.19. The molecule has 3 nitrogen and oxygen atoms in total. The number of benzene rings is 1. The highest BCUT2D eigenvalue weighted by atomic mass is 16.2. The molecule has 0 saturated carbocycles. The number of hydrogen-bond donors (Lipinski definition) is 2. The van der Waals surface area contributed by atoms with E-state index in [-0.39, 0.29) is 11.9 Å². The molecular weight excluding hydrogens is 236 g/mol. The summed E-state index contributed by atoms with van der Waals surface area (Å²) in [6.07, 6.45) is 4.38. The average molecular weight is 260 g/mol. The van der Waals surface area contributed by atoms with Crippen LogP contribution < -0.4 is 10.6 Å². The maximum atomic E-state index is 12.4. The van der Waals surface area contributed by atoms with Crippen molar-refractivity contribution < 1.29 is 4.79 Å². The van der Waals surface area contributed by atoms with Crippen LogP contribution in [0.5, 0.6) is 0 Å². The lowest BCUT2D eigenvalue weighted by atomic mass is 9.92. The third kappa shape index (κ3) is 3.57. The summed E-state index contributed by atoms with van der Waals surface area (Å²) >= 11 is 0. The predicted molar refractivity (Wildman–Crippen MR) is 79.3 cm³/mol. The fraction of sp³-hybridized carbons (Fsp3) is 0.562. The van der Waals surface area contributed by atoms with E-state index >= 15 is 0 Å². The molecule has 3 heteroatoms. The standard InChI is InChI=1S/C16H24N2O/c1-3-7-13-9-4-5-10-14(13)18-16(19)15-12(2)8-6-11-17-15/h4-5,9-10,12,15,17H,3,6-8,11H2,1-2H3,(H,18,19). The van der Waals surface area contributed by atoms with Crippen molar-refractivity contribution in [2.45, 2.75) is 45.6 Å². The number of rotatable bonds is 4. The van der Waals surface area contributed by atoms with E-state index in [1.165, 1.54) is 5.56 Å². The van der Waals surface area contributed by atoms with Crippen molar-refractivity contribution in [3.63, 3.8) is 0 Å². The van der Waals surface area contributed by atoms with Gasteiger partial charge in [0.25, 0.3) is 0 Å². The Labute approximate surface area is 115 Å². The van der Waals surface area contributed by atoms with Crippen molar-refractivity contribution >= 4 is 11.6 Å². The normalized spacial score (nSPS) is 23.1. The first-order chi connectivity index (χ1) is 9.22. The number of amides is 1. The highest BCUT2D eigenvalue weighted by Crippen LogP contribution is 2.20.